The summed E-state index contributed by atoms with van der Waals surface area (Å²) in [6.07, 6.45) is 9.32. The van der Waals surface area contributed by atoms with Gasteiger partial charge in [-0.1, -0.05) is 0 Å². The normalized spacial score (nSPS) is 43.2. The van der Waals surface area contributed by atoms with Crippen molar-refractivity contribution in [3.8, 4) is 0 Å². The van der Waals surface area contributed by atoms with Crippen LogP contribution in [0.1, 0.15) is 32.1 Å². The smallest absolute Gasteiger partial charge is 0.132 e. The molecular weight excluding hydrogens is 230 g/mol. The summed E-state index contributed by atoms with van der Waals surface area (Å²) in [6, 6.07) is 0. The summed E-state index contributed by atoms with van der Waals surface area (Å²) in [6.45, 7) is 0. The van der Waals surface area contributed by atoms with Gasteiger partial charge in [-0.05, 0) is 55.8 Å². The van der Waals surface area contributed by atoms with Gasteiger partial charge in [-0.3, -0.25) is 5.10 Å². The van der Waals surface area contributed by atoms with E-state index >= 15 is 0 Å². The molecule has 1 heterocycles. The van der Waals surface area contributed by atoms with Crippen LogP contribution >= 0.6 is 11.8 Å². The van der Waals surface area contributed by atoms with Gasteiger partial charge in [0.1, 0.15) is 5.82 Å². The summed E-state index contributed by atoms with van der Waals surface area (Å²) in [5.74, 6) is 4.76. The van der Waals surface area contributed by atoms with E-state index in [0.29, 0.717) is 0 Å². The van der Waals surface area contributed by atoms with E-state index in [9.17, 15) is 0 Å². The van der Waals surface area contributed by atoms with E-state index < -0.39 is 0 Å². The molecule has 0 atom stereocenters. The van der Waals surface area contributed by atoms with Gasteiger partial charge in [-0.15, -0.1) is 11.8 Å². The van der Waals surface area contributed by atoms with Crippen LogP contribution in [0.15, 0.2) is 11.1 Å². The average Bonchev–Trinajstić information content (AvgIpc) is 2.68. The highest BCUT2D eigenvalue weighted by atomic mass is 32.2. The number of anilines is 1. The molecule has 0 unspecified atom stereocenters. The van der Waals surface area contributed by atoms with Crippen LogP contribution in [0.5, 0.6) is 0 Å². The maximum Gasteiger partial charge on any atom is 0.132 e. The molecule has 4 aliphatic carbocycles. The number of aromatic nitrogens is 2. The molecule has 5 rings (SSSR count). The summed E-state index contributed by atoms with van der Waals surface area (Å²) in [7, 11) is 0. The van der Waals surface area contributed by atoms with Crippen molar-refractivity contribution in [2.75, 3.05) is 5.73 Å². The molecule has 4 fully saturated rings. The van der Waals surface area contributed by atoms with Gasteiger partial charge in [0.15, 0.2) is 0 Å². The van der Waals surface area contributed by atoms with E-state index in [2.05, 4.69) is 10.2 Å². The summed E-state index contributed by atoms with van der Waals surface area (Å²) < 4.78 is 0. The Kier molecular flexibility index (Phi) is 2.23. The number of nitrogens with zero attached hydrogens (tertiary/aromatic N) is 1. The standard InChI is InChI=1S/C13H19N3S/c14-13-11(6-15-16-13)17-12-9-2-7-1-8(4-9)5-10(12)3-7/h6-10,12H,1-5H2,(H3,14,15,16). The Balaban J connectivity index is 1.57. The van der Waals surface area contributed by atoms with Crippen LogP contribution in [-0.2, 0) is 0 Å². The molecule has 4 saturated carbocycles. The molecule has 1 aromatic rings. The Morgan fingerprint density at radius 2 is 1.76 bits per heavy atom. The molecular formula is C13H19N3S. The fourth-order valence-corrected chi connectivity index (χ4v) is 6.00. The first kappa shape index (κ1) is 10.3. The lowest BCUT2D eigenvalue weighted by molar-refractivity contribution is 0.0267. The first-order valence-electron chi connectivity index (χ1n) is 6.75. The van der Waals surface area contributed by atoms with Crippen molar-refractivity contribution in [1.29, 1.82) is 0 Å². The molecule has 4 heteroatoms. The van der Waals surface area contributed by atoms with Crippen LogP contribution in [0.4, 0.5) is 5.82 Å². The lowest BCUT2D eigenvalue weighted by Gasteiger charge is -2.54. The molecule has 17 heavy (non-hydrogen) atoms. The van der Waals surface area contributed by atoms with Crippen molar-refractivity contribution in [3.05, 3.63) is 6.20 Å². The van der Waals surface area contributed by atoms with Gasteiger partial charge >= 0.3 is 0 Å². The third-order valence-electron chi connectivity index (χ3n) is 5.04. The molecule has 92 valence electrons. The van der Waals surface area contributed by atoms with E-state index in [4.69, 9.17) is 5.73 Å². The second kappa shape index (κ2) is 3.67. The van der Waals surface area contributed by atoms with Crippen LogP contribution in [0.25, 0.3) is 0 Å². The number of nitrogens with one attached hydrogen (secondary N) is 1. The Bertz CT molecular complexity index is 400. The third-order valence-corrected chi connectivity index (χ3v) is 6.66. The second-order valence-corrected chi connectivity index (χ2v) is 7.38. The van der Waals surface area contributed by atoms with Crippen LogP contribution in [0, 0.1) is 23.7 Å². The van der Waals surface area contributed by atoms with Crippen LogP contribution in [0.3, 0.4) is 0 Å². The van der Waals surface area contributed by atoms with E-state index in [0.717, 1.165) is 34.7 Å². The monoisotopic (exact) mass is 249 g/mol. The first-order chi connectivity index (χ1) is 8.29. The Morgan fingerprint density at radius 1 is 1.12 bits per heavy atom. The SMILES string of the molecule is Nc1[nH]ncc1SC1C2CC3CC(C2)CC1C3. The quantitative estimate of drug-likeness (QED) is 0.847. The van der Waals surface area contributed by atoms with Gasteiger partial charge in [0.25, 0.3) is 0 Å². The number of aromatic amines is 1. The number of hydrogen-bond acceptors (Lipinski definition) is 3. The van der Waals surface area contributed by atoms with Crippen molar-refractivity contribution in [2.24, 2.45) is 23.7 Å². The highest BCUT2D eigenvalue weighted by Crippen LogP contribution is 2.58. The van der Waals surface area contributed by atoms with Gasteiger partial charge in [0.2, 0.25) is 0 Å². The number of thioether (sulfide) groups is 1. The second-order valence-electron chi connectivity index (χ2n) is 6.16. The van der Waals surface area contributed by atoms with Crippen molar-refractivity contribution >= 4 is 17.6 Å². The minimum Gasteiger partial charge on any atom is -0.383 e. The maximum absolute atomic E-state index is 5.91. The van der Waals surface area contributed by atoms with E-state index in [1.807, 2.05) is 18.0 Å². The van der Waals surface area contributed by atoms with Crippen molar-refractivity contribution in [1.82, 2.24) is 10.2 Å². The minimum atomic E-state index is 0.754. The summed E-state index contributed by atoms with van der Waals surface area (Å²) in [4.78, 5) is 1.17. The van der Waals surface area contributed by atoms with Crippen LogP contribution < -0.4 is 5.73 Å². The maximum atomic E-state index is 5.91. The third kappa shape index (κ3) is 1.60. The first-order valence-corrected chi connectivity index (χ1v) is 7.63. The minimum absolute atomic E-state index is 0.754. The lowest BCUT2D eigenvalue weighted by Crippen LogP contribution is -2.46. The predicted octanol–water partition coefficient (Wildman–Crippen LogP) is 2.91. The fourth-order valence-electron chi connectivity index (χ4n) is 4.59. The van der Waals surface area contributed by atoms with Crippen molar-refractivity contribution in [3.63, 3.8) is 0 Å². The van der Waals surface area contributed by atoms with Gasteiger partial charge in [-0.2, -0.15) is 5.10 Å². The molecule has 0 aliphatic heterocycles. The van der Waals surface area contributed by atoms with E-state index in [1.54, 1.807) is 0 Å². The Labute approximate surface area is 106 Å². The Morgan fingerprint density at radius 3 is 2.29 bits per heavy atom. The average molecular weight is 249 g/mol. The van der Waals surface area contributed by atoms with Gasteiger partial charge in [0.05, 0.1) is 11.1 Å². The van der Waals surface area contributed by atoms with Gasteiger partial charge in [0, 0.05) is 5.25 Å². The number of H-pyrrole nitrogens is 1. The molecule has 0 radical (unpaired) electrons. The molecule has 0 saturated heterocycles. The molecule has 1 aromatic heterocycles. The molecule has 0 amide bonds. The molecule has 3 N–H and O–H groups in total. The zero-order valence-corrected chi connectivity index (χ0v) is 10.7. The van der Waals surface area contributed by atoms with E-state index in [-0.39, 0.29) is 0 Å². The van der Waals surface area contributed by atoms with Crippen LogP contribution in [-0.4, -0.2) is 15.4 Å². The number of nitrogens with two attached hydrogens (primary N) is 1. The molecule has 4 aliphatic rings. The summed E-state index contributed by atoms with van der Waals surface area (Å²) >= 11 is 1.99. The number of nitrogen functional groups attached to an aromatic ring is 1. The number of hydrogen-bond donors (Lipinski definition) is 2. The van der Waals surface area contributed by atoms with Crippen molar-refractivity contribution in [2.45, 2.75) is 42.2 Å². The Hall–Kier alpha value is -0.640. The largest absolute Gasteiger partial charge is 0.383 e. The topological polar surface area (TPSA) is 54.7 Å². The van der Waals surface area contributed by atoms with E-state index in [1.165, 1.54) is 37.0 Å². The highest BCUT2D eigenvalue weighted by Gasteiger charge is 2.48. The highest BCUT2D eigenvalue weighted by molar-refractivity contribution is 8.00. The summed E-state index contributed by atoms with van der Waals surface area (Å²) in [5.41, 5.74) is 5.91. The van der Waals surface area contributed by atoms with Crippen molar-refractivity contribution < 1.29 is 0 Å². The number of rotatable bonds is 2. The summed E-state index contributed by atoms with van der Waals surface area (Å²) in [5, 5.41) is 7.69. The van der Waals surface area contributed by atoms with Crippen LogP contribution in [0.2, 0.25) is 0 Å². The zero-order valence-electron chi connectivity index (χ0n) is 9.93. The van der Waals surface area contributed by atoms with Gasteiger partial charge < -0.3 is 5.73 Å². The molecule has 0 spiro atoms. The zero-order chi connectivity index (χ0) is 11.4. The predicted molar refractivity (Wildman–Crippen MR) is 69.7 cm³/mol. The van der Waals surface area contributed by atoms with Gasteiger partial charge in [-0.25, -0.2) is 0 Å². The molecule has 0 aromatic carbocycles. The fraction of sp³-hybridized carbons (Fsp3) is 0.769. The molecule has 4 bridgehead atoms. The lowest BCUT2D eigenvalue weighted by atomic mass is 9.56. The molecule has 3 nitrogen and oxygen atoms in total.